The van der Waals surface area contributed by atoms with Crippen molar-refractivity contribution in [3.8, 4) is 0 Å². The number of halogens is 1. The van der Waals surface area contributed by atoms with Gasteiger partial charge in [0.1, 0.15) is 0 Å². The molecule has 0 atom stereocenters. The average molecular weight is 324 g/mol. The third-order valence-electron chi connectivity index (χ3n) is 1.82. The van der Waals surface area contributed by atoms with E-state index in [0.29, 0.717) is 5.75 Å². The van der Waals surface area contributed by atoms with Crippen LogP contribution in [0.15, 0.2) is 30.3 Å². The maximum Gasteiger partial charge on any atom is 0.154 e. The molecule has 0 aliphatic carbocycles. The molecule has 0 aliphatic rings. The van der Waals surface area contributed by atoms with Gasteiger partial charge in [0.15, 0.2) is 9.84 Å². The highest BCUT2D eigenvalue weighted by Crippen LogP contribution is 2.07. The van der Waals surface area contributed by atoms with Gasteiger partial charge in [-0.2, -0.15) is 0 Å². The van der Waals surface area contributed by atoms with Gasteiger partial charge in [-0.25, -0.2) is 8.42 Å². The van der Waals surface area contributed by atoms with Gasteiger partial charge < -0.3 is 0 Å². The predicted molar refractivity (Wildman–Crippen MR) is 67.4 cm³/mol. The van der Waals surface area contributed by atoms with Crippen LogP contribution in [-0.4, -0.2) is 18.6 Å². The SMILES string of the molecule is O=S(=O)(CCCI)Cc1ccccc1. The first kappa shape index (κ1) is 12.0. The van der Waals surface area contributed by atoms with E-state index in [2.05, 4.69) is 22.6 Å². The molecule has 0 aliphatic heterocycles. The highest BCUT2D eigenvalue weighted by molar-refractivity contribution is 14.1. The summed E-state index contributed by atoms with van der Waals surface area (Å²) < 4.78 is 24.0. The van der Waals surface area contributed by atoms with Gasteiger partial charge >= 0.3 is 0 Å². The van der Waals surface area contributed by atoms with Crippen molar-refractivity contribution < 1.29 is 8.42 Å². The fraction of sp³-hybridized carbons (Fsp3) is 0.400. The summed E-state index contributed by atoms with van der Waals surface area (Å²) in [4.78, 5) is 0. The number of alkyl halides is 1. The van der Waals surface area contributed by atoms with E-state index in [1.54, 1.807) is 0 Å². The van der Waals surface area contributed by atoms with E-state index in [1.807, 2.05) is 30.3 Å². The molecule has 1 rings (SSSR count). The van der Waals surface area contributed by atoms with Crippen LogP contribution >= 0.6 is 22.6 Å². The number of hydrogen-bond acceptors (Lipinski definition) is 2. The van der Waals surface area contributed by atoms with Crippen molar-refractivity contribution in [2.45, 2.75) is 12.2 Å². The molecule has 0 aromatic heterocycles. The summed E-state index contributed by atoms with van der Waals surface area (Å²) in [7, 11) is -2.90. The Hall–Kier alpha value is -0.100. The van der Waals surface area contributed by atoms with Gasteiger partial charge in [-0.3, -0.25) is 0 Å². The van der Waals surface area contributed by atoms with Crippen LogP contribution in [0.25, 0.3) is 0 Å². The Labute approximate surface area is 98.8 Å². The van der Waals surface area contributed by atoms with Crippen molar-refractivity contribution in [2.75, 3.05) is 10.2 Å². The maximum atomic E-state index is 11.6. The molecule has 0 saturated heterocycles. The number of rotatable bonds is 5. The fourth-order valence-electron chi connectivity index (χ4n) is 1.17. The van der Waals surface area contributed by atoms with Crippen molar-refractivity contribution in [3.05, 3.63) is 35.9 Å². The zero-order valence-corrected chi connectivity index (χ0v) is 10.8. The summed E-state index contributed by atoms with van der Waals surface area (Å²) in [5.41, 5.74) is 0.876. The number of sulfone groups is 1. The van der Waals surface area contributed by atoms with Crippen LogP contribution in [0.3, 0.4) is 0 Å². The monoisotopic (exact) mass is 324 g/mol. The first-order valence-electron chi connectivity index (χ1n) is 4.44. The Morgan fingerprint density at radius 3 is 2.36 bits per heavy atom. The minimum absolute atomic E-state index is 0.171. The lowest BCUT2D eigenvalue weighted by molar-refractivity contribution is 0.594. The molecule has 2 nitrogen and oxygen atoms in total. The average Bonchev–Trinajstić information content (AvgIpc) is 2.16. The van der Waals surface area contributed by atoms with Crippen LogP contribution in [0.2, 0.25) is 0 Å². The molecule has 0 amide bonds. The summed E-state index contributed by atoms with van der Waals surface area (Å²) in [6.07, 6.45) is 0.746. The molecule has 0 unspecified atom stereocenters. The van der Waals surface area contributed by atoms with Crippen molar-refractivity contribution in [3.63, 3.8) is 0 Å². The second-order valence-corrected chi connectivity index (χ2v) is 6.38. The lowest BCUT2D eigenvalue weighted by Crippen LogP contribution is -2.09. The molecule has 1 aromatic rings. The molecule has 0 spiro atoms. The van der Waals surface area contributed by atoms with Crippen LogP contribution in [0, 0.1) is 0 Å². The minimum atomic E-state index is -2.90. The predicted octanol–water partition coefficient (Wildman–Crippen LogP) is 2.43. The van der Waals surface area contributed by atoms with Crippen LogP contribution < -0.4 is 0 Å². The summed E-state index contributed by atoms with van der Waals surface area (Å²) in [5.74, 6) is 0.468. The van der Waals surface area contributed by atoms with Crippen molar-refractivity contribution in [1.82, 2.24) is 0 Å². The zero-order valence-electron chi connectivity index (χ0n) is 7.82. The molecule has 0 radical (unpaired) electrons. The Bertz CT molecular complexity index is 359. The van der Waals surface area contributed by atoms with E-state index in [9.17, 15) is 8.42 Å². The second kappa shape index (κ2) is 5.70. The van der Waals surface area contributed by atoms with Gasteiger partial charge in [-0.1, -0.05) is 52.9 Å². The van der Waals surface area contributed by atoms with Gasteiger partial charge in [0.05, 0.1) is 11.5 Å². The molecule has 14 heavy (non-hydrogen) atoms. The first-order valence-corrected chi connectivity index (χ1v) is 7.79. The van der Waals surface area contributed by atoms with E-state index >= 15 is 0 Å². The highest BCUT2D eigenvalue weighted by atomic mass is 127. The fourth-order valence-corrected chi connectivity index (χ4v) is 3.50. The Kier molecular flexibility index (Phi) is 4.88. The van der Waals surface area contributed by atoms with Crippen molar-refractivity contribution >= 4 is 32.4 Å². The second-order valence-electron chi connectivity index (χ2n) is 3.12. The number of hydrogen-bond donors (Lipinski definition) is 0. The van der Waals surface area contributed by atoms with E-state index in [4.69, 9.17) is 0 Å². The first-order chi connectivity index (χ1) is 6.64. The van der Waals surface area contributed by atoms with Crippen molar-refractivity contribution in [2.24, 2.45) is 0 Å². The van der Waals surface area contributed by atoms with Crippen LogP contribution in [0.1, 0.15) is 12.0 Å². The summed E-state index contributed by atoms with van der Waals surface area (Å²) in [6, 6.07) is 9.32. The molecule has 78 valence electrons. The minimum Gasteiger partial charge on any atom is -0.228 e. The third kappa shape index (κ3) is 4.41. The normalized spacial score (nSPS) is 11.5. The van der Waals surface area contributed by atoms with Crippen LogP contribution in [0.5, 0.6) is 0 Å². The molecule has 0 N–H and O–H groups in total. The highest BCUT2D eigenvalue weighted by Gasteiger charge is 2.10. The summed E-state index contributed by atoms with van der Waals surface area (Å²) in [6.45, 7) is 0. The molecule has 0 bridgehead atoms. The van der Waals surface area contributed by atoms with E-state index in [0.717, 1.165) is 16.4 Å². The maximum absolute atomic E-state index is 11.6. The smallest absolute Gasteiger partial charge is 0.154 e. The largest absolute Gasteiger partial charge is 0.228 e. The quantitative estimate of drug-likeness (QED) is 0.616. The van der Waals surface area contributed by atoms with Gasteiger partial charge in [0, 0.05) is 4.43 Å². The van der Waals surface area contributed by atoms with Crippen LogP contribution in [-0.2, 0) is 15.6 Å². The number of benzene rings is 1. The summed E-state index contributed by atoms with van der Waals surface area (Å²) >= 11 is 2.19. The van der Waals surface area contributed by atoms with Crippen LogP contribution in [0.4, 0.5) is 0 Å². The molecular weight excluding hydrogens is 311 g/mol. The summed E-state index contributed by atoms with van der Waals surface area (Å²) in [5, 5.41) is 0. The molecule has 4 heteroatoms. The lowest BCUT2D eigenvalue weighted by Gasteiger charge is -2.02. The van der Waals surface area contributed by atoms with E-state index in [-0.39, 0.29) is 5.75 Å². The van der Waals surface area contributed by atoms with E-state index in [1.165, 1.54) is 0 Å². The topological polar surface area (TPSA) is 34.1 Å². The Morgan fingerprint density at radius 2 is 1.79 bits per heavy atom. The molecular formula is C10H13IO2S. The van der Waals surface area contributed by atoms with Gasteiger partial charge in [0.25, 0.3) is 0 Å². The molecule has 0 heterocycles. The van der Waals surface area contributed by atoms with Gasteiger partial charge in [-0.15, -0.1) is 0 Å². The van der Waals surface area contributed by atoms with Crippen molar-refractivity contribution in [1.29, 1.82) is 0 Å². The zero-order chi connectivity index (χ0) is 10.4. The standard InChI is InChI=1S/C10H13IO2S/c11-7-4-8-14(12,13)9-10-5-2-1-3-6-10/h1-3,5-6H,4,7-9H2. The molecule has 0 fully saturated rings. The Morgan fingerprint density at radius 1 is 1.14 bits per heavy atom. The third-order valence-corrected chi connectivity index (χ3v) is 4.27. The Balaban J connectivity index is 2.60. The van der Waals surface area contributed by atoms with E-state index < -0.39 is 9.84 Å². The molecule has 1 aromatic carbocycles. The van der Waals surface area contributed by atoms with Gasteiger partial charge in [-0.05, 0) is 12.0 Å². The molecule has 0 saturated carbocycles. The van der Waals surface area contributed by atoms with Gasteiger partial charge in [0.2, 0.25) is 0 Å². The lowest BCUT2D eigenvalue weighted by atomic mass is 10.2.